The minimum atomic E-state index is 0. The van der Waals surface area contributed by atoms with Crippen LogP contribution >= 0.6 is 12.4 Å². The molecule has 92 valence electrons. The third-order valence-corrected chi connectivity index (χ3v) is 2.11. The van der Waals surface area contributed by atoms with Gasteiger partial charge in [-0.3, -0.25) is 4.79 Å². The van der Waals surface area contributed by atoms with E-state index >= 15 is 0 Å². The minimum Gasteiger partial charge on any atom is -0.355 e. The summed E-state index contributed by atoms with van der Waals surface area (Å²) in [7, 11) is 0. The normalized spacial score (nSPS) is 9.87. The van der Waals surface area contributed by atoms with Crippen LogP contribution in [-0.2, 0) is 4.79 Å². The molecule has 0 bridgehead atoms. The zero-order valence-corrected chi connectivity index (χ0v) is 10.6. The standard InChI is InChI=1S/C10H23N3O.ClH/c1-3-8-13(4-2)9-7-12-10(14)5-6-11;/h3-9,11H2,1-2H3,(H,12,14);1H. The third kappa shape index (κ3) is 9.97. The van der Waals surface area contributed by atoms with Crippen molar-refractivity contribution in [2.24, 2.45) is 5.73 Å². The second-order valence-corrected chi connectivity index (χ2v) is 3.32. The van der Waals surface area contributed by atoms with Gasteiger partial charge in [0.15, 0.2) is 0 Å². The second kappa shape index (κ2) is 11.8. The highest BCUT2D eigenvalue weighted by Crippen LogP contribution is 1.89. The molecule has 0 aliphatic carbocycles. The van der Waals surface area contributed by atoms with Crippen molar-refractivity contribution >= 4 is 18.3 Å². The van der Waals surface area contributed by atoms with Crippen LogP contribution in [0.3, 0.4) is 0 Å². The summed E-state index contributed by atoms with van der Waals surface area (Å²) < 4.78 is 0. The molecule has 0 saturated heterocycles. The van der Waals surface area contributed by atoms with E-state index in [2.05, 4.69) is 24.1 Å². The molecule has 0 unspecified atom stereocenters. The highest BCUT2D eigenvalue weighted by Gasteiger charge is 2.02. The first kappa shape index (κ1) is 17.1. The van der Waals surface area contributed by atoms with Crippen molar-refractivity contribution in [2.75, 3.05) is 32.7 Å². The molecule has 5 heteroatoms. The lowest BCUT2D eigenvalue weighted by molar-refractivity contribution is -0.120. The number of hydrogen-bond donors (Lipinski definition) is 2. The molecule has 0 saturated carbocycles. The van der Waals surface area contributed by atoms with Crippen molar-refractivity contribution in [3.8, 4) is 0 Å². The van der Waals surface area contributed by atoms with E-state index in [0.717, 1.165) is 32.6 Å². The van der Waals surface area contributed by atoms with Crippen molar-refractivity contribution in [3.63, 3.8) is 0 Å². The average Bonchev–Trinajstić information content (AvgIpc) is 2.17. The summed E-state index contributed by atoms with van der Waals surface area (Å²) in [6.07, 6.45) is 1.59. The third-order valence-electron chi connectivity index (χ3n) is 2.11. The maximum Gasteiger partial charge on any atom is 0.221 e. The highest BCUT2D eigenvalue weighted by molar-refractivity contribution is 5.85. The molecular weight excluding hydrogens is 214 g/mol. The van der Waals surface area contributed by atoms with Gasteiger partial charge in [-0.05, 0) is 19.5 Å². The summed E-state index contributed by atoms with van der Waals surface area (Å²) in [6, 6.07) is 0. The van der Waals surface area contributed by atoms with E-state index in [1.165, 1.54) is 0 Å². The van der Waals surface area contributed by atoms with Crippen LogP contribution in [0.4, 0.5) is 0 Å². The van der Waals surface area contributed by atoms with Crippen molar-refractivity contribution in [2.45, 2.75) is 26.7 Å². The smallest absolute Gasteiger partial charge is 0.221 e. The summed E-state index contributed by atoms with van der Waals surface area (Å²) >= 11 is 0. The maximum absolute atomic E-state index is 11.1. The Morgan fingerprint density at radius 3 is 2.47 bits per heavy atom. The van der Waals surface area contributed by atoms with E-state index in [4.69, 9.17) is 5.73 Å². The summed E-state index contributed by atoms with van der Waals surface area (Å²) in [6.45, 7) is 8.53. The fourth-order valence-corrected chi connectivity index (χ4v) is 1.32. The summed E-state index contributed by atoms with van der Waals surface area (Å²) in [5, 5.41) is 2.85. The first-order valence-electron chi connectivity index (χ1n) is 5.43. The first-order valence-corrected chi connectivity index (χ1v) is 5.43. The average molecular weight is 238 g/mol. The van der Waals surface area contributed by atoms with Crippen LogP contribution in [-0.4, -0.2) is 43.5 Å². The zero-order valence-electron chi connectivity index (χ0n) is 9.79. The Bertz CT molecular complexity index is 156. The maximum atomic E-state index is 11.1. The van der Waals surface area contributed by atoms with Gasteiger partial charge in [-0.2, -0.15) is 0 Å². The Labute approximate surface area is 99.0 Å². The van der Waals surface area contributed by atoms with Crippen LogP contribution in [0, 0.1) is 0 Å². The summed E-state index contributed by atoms with van der Waals surface area (Å²) in [5.41, 5.74) is 5.26. The van der Waals surface area contributed by atoms with Gasteiger partial charge in [0.05, 0.1) is 0 Å². The van der Waals surface area contributed by atoms with Crippen LogP contribution in [0.1, 0.15) is 26.7 Å². The molecule has 0 aromatic carbocycles. The van der Waals surface area contributed by atoms with Crippen molar-refractivity contribution in [3.05, 3.63) is 0 Å². The van der Waals surface area contributed by atoms with Gasteiger partial charge in [-0.25, -0.2) is 0 Å². The molecule has 0 rings (SSSR count). The fourth-order valence-electron chi connectivity index (χ4n) is 1.32. The van der Waals surface area contributed by atoms with Crippen LogP contribution in [0.5, 0.6) is 0 Å². The minimum absolute atomic E-state index is 0. The Kier molecular flexibility index (Phi) is 13.4. The molecule has 3 N–H and O–H groups in total. The number of halogens is 1. The highest BCUT2D eigenvalue weighted by atomic mass is 35.5. The largest absolute Gasteiger partial charge is 0.355 e. The molecular formula is C10H24ClN3O. The topological polar surface area (TPSA) is 58.4 Å². The Morgan fingerprint density at radius 1 is 1.33 bits per heavy atom. The molecule has 0 spiro atoms. The van der Waals surface area contributed by atoms with E-state index in [0.29, 0.717) is 13.0 Å². The van der Waals surface area contributed by atoms with E-state index in [1.807, 2.05) is 0 Å². The van der Waals surface area contributed by atoms with Gasteiger partial charge < -0.3 is 16.0 Å². The van der Waals surface area contributed by atoms with Gasteiger partial charge >= 0.3 is 0 Å². The molecule has 0 aromatic rings. The molecule has 0 aromatic heterocycles. The van der Waals surface area contributed by atoms with Crippen LogP contribution in [0.15, 0.2) is 0 Å². The molecule has 0 aliphatic heterocycles. The number of rotatable bonds is 8. The van der Waals surface area contributed by atoms with E-state index in [9.17, 15) is 4.79 Å². The lowest BCUT2D eigenvalue weighted by atomic mass is 10.3. The van der Waals surface area contributed by atoms with Gasteiger partial charge in [0.1, 0.15) is 0 Å². The van der Waals surface area contributed by atoms with E-state index in [1.54, 1.807) is 0 Å². The van der Waals surface area contributed by atoms with E-state index < -0.39 is 0 Å². The molecule has 0 fully saturated rings. The van der Waals surface area contributed by atoms with E-state index in [-0.39, 0.29) is 18.3 Å². The number of likely N-dealkylation sites (N-methyl/N-ethyl adjacent to an activating group) is 1. The molecule has 1 amide bonds. The molecule has 15 heavy (non-hydrogen) atoms. The molecule has 0 heterocycles. The van der Waals surface area contributed by atoms with Crippen molar-refractivity contribution in [1.29, 1.82) is 0 Å². The Morgan fingerprint density at radius 2 is 2.00 bits per heavy atom. The number of amides is 1. The van der Waals surface area contributed by atoms with Crippen molar-refractivity contribution < 1.29 is 4.79 Å². The number of carbonyl (C=O) groups excluding carboxylic acids is 1. The molecule has 0 atom stereocenters. The lowest BCUT2D eigenvalue weighted by Gasteiger charge is -2.19. The fraction of sp³-hybridized carbons (Fsp3) is 0.900. The number of carbonyl (C=O) groups is 1. The van der Waals surface area contributed by atoms with Gasteiger partial charge in [0.25, 0.3) is 0 Å². The monoisotopic (exact) mass is 237 g/mol. The number of nitrogens with zero attached hydrogens (tertiary/aromatic N) is 1. The lowest BCUT2D eigenvalue weighted by Crippen LogP contribution is -2.35. The predicted octanol–water partition coefficient (Wildman–Crippen LogP) is 0.605. The molecule has 4 nitrogen and oxygen atoms in total. The Balaban J connectivity index is 0. The van der Waals surface area contributed by atoms with Gasteiger partial charge in [-0.1, -0.05) is 13.8 Å². The molecule has 0 aliphatic rings. The predicted molar refractivity (Wildman–Crippen MR) is 66.3 cm³/mol. The van der Waals surface area contributed by atoms with Crippen molar-refractivity contribution in [1.82, 2.24) is 10.2 Å². The van der Waals surface area contributed by atoms with Gasteiger partial charge in [0.2, 0.25) is 5.91 Å². The number of nitrogens with two attached hydrogens (primary N) is 1. The number of nitrogens with one attached hydrogen (secondary N) is 1. The zero-order chi connectivity index (χ0) is 10.8. The second-order valence-electron chi connectivity index (χ2n) is 3.32. The van der Waals surface area contributed by atoms with Gasteiger partial charge in [-0.15, -0.1) is 12.4 Å². The molecule has 0 radical (unpaired) electrons. The van der Waals surface area contributed by atoms with Crippen LogP contribution in [0.25, 0.3) is 0 Å². The SMILES string of the molecule is CCCN(CC)CCNC(=O)CCN.Cl. The quantitative estimate of drug-likeness (QED) is 0.650. The first-order chi connectivity index (χ1) is 6.74. The number of hydrogen-bond acceptors (Lipinski definition) is 3. The Hall–Kier alpha value is -0.320. The summed E-state index contributed by atoms with van der Waals surface area (Å²) in [4.78, 5) is 13.4. The summed E-state index contributed by atoms with van der Waals surface area (Å²) in [5.74, 6) is 0.0556. The van der Waals surface area contributed by atoms with Gasteiger partial charge in [0, 0.05) is 26.1 Å². The van der Waals surface area contributed by atoms with Crippen LogP contribution < -0.4 is 11.1 Å². The van der Waals surface area contributed by atoms with Crippen LogP contribution in [0.2, 0.25) is 0 Å².